The molecule has 14 heteroatoms. The standard InChI is InChI=1S/C26H28BrFN4O6S2/c1-2-38-26(35)19-21(14-6-9-32(10-7-14)40(36,37)16-12-15(13-16)25(33)34)30-23(24-29-8-11-39-24)31-22(19)17-4-3-5-18(28)20(17)27/h3-5,8,11,14-16,22H,2,6-7,9-10,12-13H2,1H3,(H,30,31)(H,33,34). The smallest absolute Gasteiger partial charge is 0.338 e. The number of piperidine rings is 1. The number of hydrogen-bond acceptors (Lipinski definition) is 9. The number of aliphatic imine (C=N–C) groups is 1. The van der Waals surface area contributed by atoms with E-state index in [1.165, 1.54) is 21.7 Å². The Labute approximate surface area is 243 Å². The number of nitrogens with zero attached hydrogens (tertiary/aromatic N) is 3. The maximum atomic E-state index is 14.6. The van der Waals surface area contributed by atoms with Crippen LogP contribution in [0, 0.1) is 17.7 Å². The van der Waals surface area contributed by atoms with Crippen molar-refractivity contribution in [2.24, 2.45) is 16.8 Å². The van der Waals surface area contributed by atoms with Crippen LogP contribution in [0.3, 0.4) is 0 Å². The first-order chi connectivity index (χ1) is 19.1. The van der Waals surface area contributed by atoms with Crippen molar-refractivity contribution in [3.8, 4) is 0 Å². The second-order valence-electron chi connectivity index (χ2n) is 9.88. The number of amidine groups is 1. The van der Waals surface area contributed by atoms with Crippen molar-refractivity contribution in [2.45, 2.75) is 43.9 Å². The SMILES string of the molecule is CCOC(=O)C1=C(C2CCN(S(=O)(=O)C3CC(C(=O)O)C3)CC2)NC(c2nccs2)=NC1c1cccc(F)c1Br. The lowest BCUT2D eigenvalue weighted by atomic mass is 9.85. The highest BCUT2D eigenvalue weighted by molar-refractivity contribution is 9.10. The van der Waals surface area contributed by atoms with Crippen molar-refractivity contribution < 1.29 is 32.2 Å². The Morgan fingerprint density at radius 2 is 2.00 bits per heavy atom. The molecule has 2 N–H and O–H groups in total. The first kappa shape index (κ1) is 28.8. The molecule has 214 valence electrons. The number of aromatic nitrogens is 1. The van der Waals surface area contributed by atoms with Gasteiger partial charge in [-0.2, -0.15) is 0 Å². The molecule has 1 aromatic carbocycles. The molecule has 0 amide bonds. The summed E-state index contributed by atoms with van der Waals surface area (Å²) in [5, 5.41) is 14.2. The largest absolute Gasteiger partial charge is 0.481 e. The Morgan fingerprint density at radius 1 is 1.27 bits per heavy atom. The summed E-state index contributed by atoms with van der Waals surface area (Å²) >= 11 is 4.68. The molecule has 0 radical (unpaired) electrons. The quantitative estimate of drug-likeness (QED) is 0.409. The second kappa shape index (κ2) is 11.7. The molecule has 5 rings (SSSR count). The number of carboxylic acid groups (broad SMARTS) is 1. The molecule has 3 aliphatic rings. The van der Waals surface area contributed by atoms with Gasteiger partial charge in [-0.3, -0.25) is 9.79 Å². The van der Waals surface area contributed by atoms with Crippen LogP contribution in [0.1, 0.15) is 49.2 Å². The van der Waals surface area contributed by atoms with Crippen molar-refractivity contribution in [3.05, 3.63) is 61.9 Å². The Hall–Kier alpha value is -2.68. The molecular weight excluding hydrogens is 627 g/mol. The van der Waals surface area contributed by atoms with Crippen LogP contribution in [-0.4, -0.2) is 65.5 Å². The minimum Gasteiger partial charge on any atom is -0.481 e. The van der Waals surface area contributed by atoms with Crippen LogP contribution >= 0.6 is 27.3 Å². The van der Waals surface area contributed by atoms with Crippen molar-refractivity contribution in [1.82, 2.24) is 14.6 Å². The van der Waals surface area contributed by atoms with Crippen LogP contribution in [0.2, 0.25) is 0 Å². The van der Waals surface area contributed by atoms with Gasteiger partial charge in [-0.1, -0.05) is 12.1 Å². The molecule has 1 saturated heterocycles. The molecule has 2 aromatic rings. The van der Waals surface area contributed by atoms with E-state index in [9.17, 15) is 22.4 Å². The van der Waals surface area contributed by atoms with Gasteiger partial charge in [0.15, 0.2) is 10.8 Å². The van der Waals surface area contributed by atoms with Crippen LogP contribution in [0.25, 0.3) is 0 Å². The number of sulfonamides is 1. The average Bonchev–Trinajstić information content (AvgIpc) is 3.44. The topological polar surface area (TPSA) is 138 Å². The van der Waals surface area contributed by atoms with Gasteiger partial charge in [0.2, 0.25) is 10.0 Å². The van der Waals surface area contributed by atoms with Crippen molar-refractivity contribution in [2.75, 3.05) is 19.7 Å². The monoisotopic (exact) mass is 654 g/mol. The molecule has 40 heavy (non-hydrogen) atoms. The molecule has 2 fully saturated rings. The third kappa shape index (κ3) is 5.46. The zero-order valence-electron chi connectivity index (χ0n) is 21.5. The highest BCUT2D eigenvalue weighted by atomic mass is 79.9. The summed E-state index contributed by atoms with van der Waals surface area (Å²) in [6.07, 6.45) is 2.72. The lowest BCUT2D eigenvalue weighted by molar-refractivity contribution is -0.144. The van der Waals surface area contributed by atoms with E-state index in [1.807, 2.05) is 0 Å². The average molecular weight is 656 g/mol. The zero-order valence-corrected chi connectivity index (χ0v) is 24.8. The Kier molecular flexibility index (Phi) is 8.41. The molecule has 0 spiro atoms. The molecule has 1 aliphatic carbocycles. The van der Waals surface area contributed by atoms with Gasteiger partial charge in [0.1, 0.15) is 11.9 Å². The van der Waals surface area contributed by atoms with E-state index in [4.69, 9.17) is 14.8 Å². The van der Waals surface area contributed by atoms with Crippen LogP contribution < -0.4 is 5.32 Å². The van der Waals surface area contributed by atoms with Crippen molar-refractivity contribution in [3.63, 3.8) is 0 Å². The number of halogens is 2. The van der Waals surface area contributed by atoms with Gasteiger partial charge in [-0.25, -0.2) is 26.9 Å². The fourth-order valence-electron chi connectivity index (χ4n) is 5.35. The Morgan fingerprint density at radius 3 is 2.62 bits per heavy atom. The number of benzene rings is 1. The lowest BCUT2D eigenvalue weighted by Gasteiger charge is -2.40. The van der Waals surface area contributed by atoms with E-state index in [-0.39, 0.29) is 48.5 Å². The van der Waals surface area contributed by atoms with E-state index < -0.39 is 45.0 Å². The van der Waals surface area contributed by atoms with Crippen LogP contribution in [-0.2, 0) is 24.3 Å². The number of carbonyl (C=O) groups excluding carboxylic acids is 1. The number of rotatable bonds is 8. The van der Waals surface area contributed by atoms with Gasteiger partial charge >= 0.3 is 11.9 Å². The van der Waals surface area contributed by atoms with E-state index in [2.05, 4.69) is 26.2 Å². The molecule has 1 unspecified atom stereocenters. The van der Waals surface area contributed by atoms with Crippen molar-refractivity contribution in [1.29, 1.82) is 0 Å². The van der Waals surface area contributed by atoms with Gasteiger partial charge in [0.05, 0.1) is 27.8 Å². The van der Waals surface area contributed by atoms with Crippen molar-refractivity contribution >= 4 is 55.1 Å². The summed E-state index contributed by atoms with van der Waals surface area (Å²) in [5.41, 5.74) is 1.26. The minimum absolute atomic E-state index is 0.120. The maximum absolute atomic E-state index is 14.6. The first-order valence-electron chi connectivity index (χ1n) is 12.9. The third-order valence-electron chi connectivity index (χ3n) is 7.57. The van der Waals surface area contributed by atoms with E-state index >= 15 is 0 Å². The zero-order chi connectivity index (χ0) is 28.6. The van der Waals surface area contributed by atoms with Gasteiger partial charge in [-0.15, -0.1) is 11.3 Å². The number of carboxylic acids is 1. The molecule has 0 bridgehead atoms. The predicted octanol–water partition coefficient (Wildman–Crippen LogP) is 3.86. The van der Waals surface area contributed by atoms with Crippen LogP contribution in [0.5, 0.6) is 0 Å². The van der Waals surface area contributed by atoms with Gasteiger partial charge in [-0.05, 0) is 60.2 Å². The summed E-state index contributed by atoms with van der Waals surface area (Å²) in [5.74, 6) is -2.47. The number of ether oxygens (including phenoxy) is 1. The molecule has 3 heterocycles. The number of carbonyl (C=O) groups is 2. The van der Waals surface area contributed by atoms with E-state index in [1.54, 1.807) is 30.6 Å². The van der Waals surface area contributed by atoms with E-state index in [0.717, 1.165) is 0 Å². The third-order valence-corrected chi connectivity index (χ3v) is 11.5. The fourth-order valence-corrected chi connectivity index (χ4v) is 8.51. The molecule has 10 nitrogen and oxygen atoms in total. The number of nitrogens with one attached hydrogen (secondary N) is 1. The van der Waals surface area contributed by atoms with Crippen LogP contribution in [0.15, 0.2) is 50.5 Å². The summed E-state index contributed by atoms with van der Waals surface area (Å²) in [7, 11) is -3.63. The summed E-state index contributed by atoms with van der Waals surface area (Å²) in [4.78, 5) is 33.7. The van der Waals surface area contributed by atoms with Gasteiger partial charge in [0.25, 0.3) is 0 Å². The van der Waals surface area contributed by atoms with Gasteiger partial charge in [0, 0.05) is 36.3 Å². The highest BCUT2D eigenvalue weighted by Gasteiger charge is 2.46. The fraction of sp³-hybridized carbons (Fsp3) is 0.462. The molecule has 1 aromatic heterocycles. The number of aliphatic carboxylic acids is 1. The molecule has 1 saturated carbocycles. The number of allylic oxidation sites excluding steroid dienone is 1. The predicted molar refractivity (Wildman–Crippen MR) is 150 cm³/mol. The van der Waals surface area contributed by atoms with Crippen LogP contribution in [0.4, 0.5) is 4.39 Å². The number of esters is 1. The van der Waals surface area contributed by atoms with E-state index in [0.29, 0.717) is 34.9 Å². The molecule has 1 atom stereocenters. The number of thiazole rings is 1. The first-order valence-corrected chi connectivity index (χ1v) is 16.1. The maximum Gasteiger partial charge on any atom is 0.338 e. The Balaban J connectivity index is 1.48. The minimum atomic E-state index is -3.63. The number of hydrogen-bond donors (Lipinski definition) is 2. The van der Waals surface area contributed by atoms with Gasteiger partial charge < -0.3 is 15.2 Å². The Bertz CT molecular complexity index is 1470. The summed E-state index contributed by atoms with van der Waals surface area (Å²) in [6, 6.07) is 3.67. The second-order valence-corrected chi connectivity index (χ2v) is 13.8. The molecule has 2 aliphatic heterocycles. The molecular formula is C26H28BrFN4O6S2. The summed E-state index contributed by atoms with van der Waals surface area (Å²) in [6.45, 7) is 2.27. The highest BCUT2D eigenvalue weighted by Crippen LogP contribution is 2.42. The lowest BCUT2D eigenvalue weighted by Crippen LogP contribution is -2.50. The summed E-state index contributed by atoms with van der Waals surface area (Å²) < 4.78 is 48.0. The normalized spacial score (nSPS) is 24.2.